The predicted molar refractivity (Wildman–Crippen MR) is 104 cm³/mol. The Labute approximate surface area is 163 Å². The van der Waals surface area contributed by atoms with E-state index < -0.39 is 0 Å². The van der Waals surface area contributed by atoms with Gasteiger partial charge >= 0.3 is 0 Å². The largest absolute Gasteiger partial charge is 0.490 e. The van der Waals surface area contributed by atoms with Gasteiger partial charge in [-0.15, -0.1) is 0 Å². The SMILES string of the molecule is CCOc1ccccc1OCCCC(=O)NNC(=O)Cc1ccc(Cl)cc1. The number of hydrogen-bond acceptors (Lipinski definition) is 4. The van der Waals surface area contributed by atoms with E-state index >= 15 is 0 Å². The summed E-state index contributed by atoms with van der Waals surface area (Å²) in [6.07, 6.45) is 0.909. The van der Waals surface area contributed by atoms with Gasteiger partial charge in [-0.05, 0) is 43.2 Å². The molecule has 2 aromatic rings. The van der Waals surface area contributed by atoms with E-state index in [0.717, 1.165) is 5.56 Å². The van der Waals surface area contributed by atoms with Crippen molar-refractivity contribution in [3.63, 3.8) is 0 Å². The van der Waals surface area contributed by atoms with E-state index in [1.165, 1.54) is 0 Å². The first-order chi connectivity index (χ1) is 13.1. The van der Waals surface area contributed by atoms with E-state index in [1.54, 1.807) is 24.3 Å². The van der Waals surface area contributed by atoms with Crippen LogP contribution >= 0.6 is 11.6 Å². The van der Waals surface area contributed by atoms with Crippen LogP contribution < -0.4 is 20.3 Å². The molecule has 144 valence electrons. The highest BCUT2D eigenvalue weighted by Gasteiger charge is 2.07. The lowest BCUT2D eigenvalue weighted by molar-refractivity contribution is -0.128. The summed E-state index contributed by atoms with van der Waals surface area (Å²) in [7, 11) is 0. The predicted octanol–water partition coefficient (Wildman–Crippen LogP) is 3.29. The molecule has 0 aliphatic carbocycles. The molecule has 2 aromatic carbocycles. The van der Waals surface area contributed by atoms with E-state index in [-0.39, 0.29) is 24.7 Å². The third kappa shape index (κ3) is 7.58. The molecule has 0 fully saturated rings. The van der Waals surface area contributed by atoms with E-state index in [1.807, 2.05) is 31.2 Å². The molecule has 0 radical (unpaired) electrons. The van der Waals surface area contributed by atoms with Gasteiger partial charge in [0.05, 0.1) is 19.6 Å². The van der Waals surface area contributed by atoms with Gasteiger partial charge in [0.1, 0.15) is 0 Å². The zero-order chi connectivity index (χ0) is 19.5. The van der Waals surface area contributed by atoms with Crippen molar-refractivity contribution in [3.8, 4) is 11.5 Å². The Hall–Kier alpha value is -2.73. The van der Waals surface area contributed by atoms with E-state index in [2.05, 4.69) is 10.9 Å². The molecule has 0 saturated heterocycles. The van der Waals surface area contributed by atoms with Gasteiger partial charge in [0, 0.05) is 11.4 Å². The number of benzene rings is 2. The summed E-state index contributed by atoms with van der Waals surface area (Å²) in [6, 6.07) is 14.4. The molecule has 2 rings (SSSR count). The second kappa shape index (κ2) is 11.1. The molecule has 0 saturated carbocycles. The Kier molecular flexibility index (Phi) is 8.45. The standard InChI is InChI=1S/C20H23ClN2O4/c1-2-26-17-6-3-4-7-18(17)27-13-5-8-19(24)22-23-20(25)14-15-9-11-16(21)12-10-15/h3-4,6-7,9-12H,2,5,8,13-14H2,1H3,(H,22,24)(H,23,25). The molecule has 0 aromatic heterocycles. The maximum atomic E-state index is 11.8. The van der Waals surface area contributed by atoms with Gasteiger partial charge < -0.3 is 9.47 Å². The number of amides is 2. The van der Waals surface area contributed by atoms with Crippen LogP contribution in [0.25, 0.3) is 0 Å². The van der Waals surface area contributed by atoms with Crippen LogP contribution in [-0.2, 0) is 16.0 Å². The molecule has 0 aliphatic heterocycles. The molecule has 6 nitrogen and oxygen atoms in total. The monoisotopic (exact) mass is 390 g/mol. The minimum atomic E-state index is -0.299. The van der Waals surface area contributed by atoms with E-state index in [9.17, 15) is 9.59 Å². The molecular weight excluding hydrogens is 368 g/mol. The second-order valence-corrected chi connectivity index (χ2v) is 6.17. The average Bonchev–Trinajstić information content (AvgIpc) is 2.67. The second-order valence-electron chi connectivity index (χ2n) is 5.73. The van der Waals surface area contributed by atoms with Gasteiger partial charge in [0.2, 0.25) is 11.8 Å². The maximum Gasteiger partial charge on any atom is 0.242 e. The lowest BCUT2D eigenvalue weighted by Gasteiger charge is -2.11. The lowest BCUT2D eigenvalue weighted by atomic mass is 10.1. The third-order valence-corrected chi connectivity index (χ3v) is 3.83. The first-order valence-corrected chi connectivity index (χ1v) is 9.13. The molecule has 0 spiro atoms. The van der Waals surface area contributed by atoms with Crippen LogP contribution in [0.4, 0.5) is 0 Å². The summed E-state index contributed by atoms with van der Waals surface area (Å²) < 4.78 is 11.1. The number of carbonyl (C=O) groups is 2. The molecule has 0 heterocycles. The van der Waals surface area contributed by atoms with Crippen LogP contribution in [0, 0.1) is 0 Å². The number of para-hydroxylation sites is 2. The van der Waals surface area contributed by atoms with Crippen LogP contribution in [0.3, 0.4) is 0 Å². The lowest BCUT2D eigenvalue weighted by Crippen LogP contribution is -2.42. The van der Waals surface area contributed by atoms with Crippen molar-refractivity contribution in [1.29, 1.82) is 0 Å². The van der Waals surface area contributed by atoms with Crippen molar-refractivity contribution in [2.75, 3.05) is 13.2 Å². The summed E-state index contributed by atoms with van der Waals surface area (Å²) in [4.78, 5) is 23.6. The zero-order valence-corrected chi connectivity index (χ0v) is 15.9. The highest BCUT2D eigenvalue weighted by molar-refractivity contribution is 6.30. The number of ether oxygens (including phenoxy) is 2. The molecule has 7 heteroatoms. The Bertz CT molecular complexity index is 750. The molecule has 0 bridgehead atoms. The van der Waals surface area contributed by atoms with Gasteiger partial charge in [-0.25, -0.2) is 0 Å². The molecule has 0 aliphatic rings. The van der Waals surface area contributed by atoms with Crippen molar-refractivity contribution in [2.45, 2.75) is 26.2 Å². The maximum absolute atomic E-state index is 11.8. The number of hydrazine groups is 1. The smallest absolute Gasteiger partial charge is 0.242 e. The van der Waals surface area contributed by atoms with Gasteiger partial charge in [-0.1, -0.05) is 35.9 Å². The van der Waals surface area contributed by atoms with Crippen LogP contribution in [0.15, 0.2) is 48.5 Å². The Morgan fingerprint density at radius 1 is 0.926 bits per heavy atom. The number of rotatable bonds is 9. The minimum absolute atomic E-state index is 0.161. The molecule has 0 unspecified atom stereocenters. The zero-order valence-electron chi connectivity index (χ0n) is 15.2. The van der Waals surface area contributed by atoms with Crippen molar-refractivity contribution in [3.05, 3.63) is 59.1 Å². The molecule has 2 amide bonds. The normalized spacial score (nSPS) is 10.1. The minimum Gasteiger partial charge on any atom is -0.490 e. The fourth-order valence-electron chi connectivity index (χ4n) is 2.29. The van der Waals surface area contributed by atoms with Gasteiger partial charge in [-0.2, -0.15) is 0 Å². The Morgan fingerprint density at radius 3 is 2.22 bits per heavy atom. The number of carbonyl (C=O) groups excluding carboxylic acids is 2. The van der Waals surface area contributed by atoms with E-state index in [4.69, 9.17) is 21.1 Å². The summed E-state index contributed by atoms with van der Waals surface area (Å²) in [6.45, 7) is 2.83. The molecule has 2 N–H and O–H groups in total. The first-order valence-electron chi connectivity index (χ1n) is 8.75. The van der Waals surface area contributed by atoms with Crippen molar-refractivity contribution in [1.82, 2.24) is 10.9 Å². The third-order valence-electron chi connectivity index (χ3n) is 3.57. The van der Waals surface area contributed by atoms with Crippen molar-refractivity contribution < 1.29 is 19.1 Å². The van der Waals surface area contributed by atoms with Crippen LogP contribution in [-0.4, -0.2) is 25.0 Å². The first kappa shape index (κ1) is 20.6. The Balaban J connectivity index is 1.63. The highest BCUT2D eigenvalue weighted by atomic mass is 35.5. The summed E-state index contributed by atoms with van der Waals surface area (Å²) >= 11 is 5.80. The topological polar surface area (TPSA) is 76.7 Å². The van der Waals surface area contributed by atoms with Gasteiger partial charge in [0.25, 0.3) is 0 Å². The van der Waals surface area contributed by atoms with Gasteiger partial charge in [0.15, 0.2) is 11.5 Å². The molecule has 27 heavy (non-hydrogen) atoms. The molecule has 0 atom stereocenters. The summed E-state index contributed by atoms with van der Waals surface area (Å²) in [5.74, 6) is 0.753. The van der Waals surface area contributed by atoms with Crippen molar-refractivity contribution >= 4 is 23.4 Å². The summed E-state index contributed by atoms with van der Waals surface area (Å²) in [5, 5.41) is 0.610. The highest BCUT2D eigenvalue weighted by Crippen LogP contribution is 2.26. The molecular formula is C20H23ClN2O4. The Morgan fingerprint density at radius 2 is 1.56 bits per heavy atom. The van der Waals surface area contributed by atoms with Crippen LogP contribution in [0.2, 0.25) is 5.02 Å². The quantitative estimate of drug-likeness (QED) is 0.509. The number of halogens is 1. The van der Waals surface area contributed by atoms with Crippen molar-refractivity contribution in [2.24, 2.45) is 0 Å². The van der Waals surface area contributed by atoms with Gasteiger partial charge in [-0.3, -0.25) is 20.4 Å². The number of nitrogens with one attached hydrogen (secondary N) is 2. The fraction of sp³-hybridized carbons (Fsp3) is 0.300. The number of hydrogen-bond donors (Lipinski definition) is 2. The van der Waals surface area contributed by atoms with E-state index in [0.29, 0.717) is 36.2 Å². The van der Waals surface area contributed by atoms with Crippen LogP contribution in [0.1, 0.15) is 25.3 Å². The van der Waals surface area contributed by atoms with Crippen LogP contribution in [0.5, 0.6) is 11.5 Å². The average molecular weight is 391 g/mol. The fourth-order valence-corrected chi connectivity index (χ4v) is 2.42. The summed E-state index contributed by atoms with van der Waals surface area (Å²) in [5.41, 5.74) is 5.61.